The summed E-state index contributed by atoms with van der Waals surface area (Å²) < 4.78 is 86.2. The van der Waals surface area contributed by atoms with E-state index in [9.17, 15) is 120 Å². The molecule has 5 aliphatic rings. The fraction of sp³-hybridized carbons (Fsp3) is 0.933. The zero-order valence-corrected chi connectivity index (χ0v) is 77.8. The lowest BCUT2D eigenvalue weighted by atomic mass is 9.90. The lowest BCUT2D eigenvalue weighted by molar-refractivity contribution is -0.378. The van der Waals surface area contributed by atoms with Crippen molar-refractivity contribution in [2.75, 3.05) is 33.0 Å². The number of esters is 2. The van der Waals surface area contributed by atoms with E-state index in [4.69, 9.17) is 62.1 Å². The Morgan fingerprint density at radius 1 is 0.438 bits per heavy atom. The van der Waals surface area contributed by atoms with Crippen LogP contribution < -0.4 is 16.4 Å². The van der Waals surface area contributed by atoms with Gasteiger partial charge in [-0.3, -0.25) is 28.2 Å². The summed E-state index contributed by atoms with van der Waals surface area (Å²) in [6.07, 6.45) is -20.6. The number of aliphatic hydroxyl groups is 15. The summed E-state index contributed by atoms with van der Waals surface area (Å²) in [7, 11) is -6.15. The van der Waals surface area contributed by atoms with Crippen molar-refractivity contribution in [3.8, 4) is 0 Å². The summed E-state index contributed by atoms with van der Waals surface area (Å²) in [5.74, 6) is -15.8. The van der Waals surface area contributed by atoms with Crippen molar-refractivity contribution in [1.82, 2.24) is 10.6 Å². The smallest absolute Gasteiger partial charge is 0.475 e. The Morgan fingerprint density at radius 3 is 1.25 bits per heavy atom. The molecule has 0 aliphatic carbocycles. The van der Waals surface area contributed by atoms with Crippen LogP contribution in [0.1, 0.15) is 323 Å². The molecule has 0 aromatic rings. The molecule has 760 valence electrons. The van der Waals surface area contributed by atoms with Crippen molar-refractivity contribution in [2.24, 2.45) is 5.73 Å². The largest absolute Gasteiger partial charge is 0.477 e. The standard InChI is InChI=1S/C89H162N3O37P/c1-5-9-13-17-21-25-29-33-37-41-56(95)45-67(102)91-71-81(123-69(104)47-58(97)43-39-35-31-27-23-19-15-11-7-3)76(109)65(121-83(71)111)54-119-84-72(92-68(103)46-57(96)42-38-34-30-26-22-18-14-10-6-2)82(124-70(105)48-59(98)44-40-36-32-28-24-20-16-12-8-4)80(128-130(116,117)129-85-77(110)73(106)60(90)53-118-85)66(122-84)55-120-88(86(112)113)50-64(75(108)79(126-88)63(101)52-94)125-89(87(114)115)49-61(99)74(107)78(127-89)62(100)51-93/h56-66,71-85,93-101,106-111H,5-55,90H2,1-4H3,(H,91,102)(H,92,103)(H,112,113)(H,114,115)(H,116,117)/t56-,57-,58-,59-,60+,61-,62-,63-,64-,65-,66-,71-,72-,73+,74-,75-,76-,77-,78-,79-,80-,81-,82-,83+,84-,85-,88-,89-/m1/s1. The monoisotopic (exact) mass is 1900 g/mol. The third-order valence-corrected chi connectivity index (χ3v) is 25.8. The van der Waals surface area contributed by atoms with Crippen molar-refractivity contribution < 1.29 is 181 Å². The molecule has 1 unspecified atom stereocenters. The Kier molecular flexibility index (Phi) is 56.2. The van der Waals surface area contributed by atoms with Crippen molar-refractivity contribution in [2.45, 2.75) is 494 Å². The first-order valence-electron chi connectivity index (χ1n) is 48.2. The van der Waals surface area contributed by atoms with Crippen LogP contribution in [0.2, 0.25) is 0 Å². The van der Waals surface area contributed by atoms with Gasteiger partial charge in [0, 0.05) is 12.8 Å². The average molecular weight is 1900 g/mol. The number of nitrogens with one attached hydrogen (secondary N) is 2. The zero-order chi connectivity index (χ0) is 95.9. The molecule has 5 fully saturated rings. The second-order valence-electron chi connectivity index (χ2n) is 36.1. The predicted molar refractivity (Wildman–Crippen MR) is 465 cm³/mol. The molecule has 29 atom stereocenters. The summed E-state index contributed by atoms with van der Waals surface area (Å²) in [5, 5.41) is 196. The van der Waals surface area contributed by atoms with E-state index in [1.165, 1.54) is 0 Å². The number of carbonyl (C=O) groups excluding carboxylic acids is 4. The number of carboxylic acid groups (broad SMARTS) is 2. The second-order valence-corrected chi connectivity index (χ2v) is 37.5. The summed E-state index contributed by atoms with van der Waals surface area (Å²) in [5.41, 5.74) is 5.92. The first-order valence-corrected chi connectivity index (χ1v) is 49.7. The Bertz CT molecular complexity index is 3180. The van der Waals surface area contributed by atoms with Gasteiger partial charge in [-0.25, -0.2) is 14.2 Å². The highest BCUT2D eigenvalue weighted by Gasteiger charge is 2.63. The van der Waals surface area contributed by atoms with E-state index in [0.29, 0.717) is 38.5 Å². The minimum absolute atomic E-state index is 0.00938. The van der Waals surface area contributed by atoms with Gasteiger partial charge in [0.1, 0.15) is 85.3 Å². The SMILES string of the molecule is CCCCCCCCCCC[C@@H](O)CC(=O)N[C@@H]1[C@@H](OC(=O)C[C@H](O)CCCCCCCCCCC)[C@H](O)[C@@H](CO[C@@H]2O[C@H](CO[C@]3(C(=O)O)C[C@@H](O[C@]4(C(=O)O)C[C@@H](O)[C@@H](O)[C@@H]([C@H](O)CO)O4)[C@@H](O)[C@@H]([C@H](O)CO)O3)[C@@H](OP(=O)(O)O[C@H]3OC[C@H](N)[C@H](O)[C@H]3O)[C@H](OC(=O)C[C@H](O)CCCCCCCCCCC)[C@H]2NC(=O)C[C@H](O)CCCCCCCCCCC)O[C@@H]1O. The highest BCUT2D eigenvalue weighted by atomic mass is 31.2. The summed E-state index contributed by atoms with van der Waals surface area (Å²) in [6, 6.07) is -5.39. The third-order valence-electron chi connectivity index (χ3n) is 24.8. The summed E-state index contributed by atoms with van der Waals surface area (Å²) in [6.45, 7) is 2.54. The predicted octanol–water partition coefficient (Wildman–Crippen LogP) is 4.52. The lowest BCUT2D eigenvalue weighted by Gasteiger charge is -2.50. The summed E-state index contributed by atoms with van der Waals surface area (Å²) in [4.78, 5) is 97.8. The fourth-order valence-corrected chi connectivity index (χ4v) is 18.1. The molecular formula is C89H162N3O37P. The number of hydrogen-bond donors (Lipinski definition) is 21. The second kappa shape index (κ2) is 62.7. The van der Waals surface area contributed by atoms with Crippen LogP contribution in [0, 0.1) is 0 Å². The Morgan fingerprint density at radius 2 is 0.831 bits per heavy atom. The van der Waals surface area contributed by atoms with Gasteiger partial charge in [-0.1, -0.05) is 259 Å². The maximum absolute atomic E-state index is 15.0. The Labute approximate surface area is 764 Å². The molecule has 0 aromatic carbocycles. The first-order chi connectivity index (χ1) is 62.0. The van der Waals surface area contributed by atoms with Gasteiger partial charge in [0.05, 0.1) is 101 Å². The number of ether oxygens (including phenoxy) is 10. The zero-order valence-electron chi connectivity index (χ0n) is 76.9. The van der Waals surface area contributed by atoms with E-state index in [1.807, 2.05) is 0 Å². The van der Waals surface area contributed by atoms with Gasteiger partial charge in [0.25, 0.3) is 11.6 Å². The topological polar surface area (TPSA) is 644 Å². The lowest BCUT2D eigenvalue weighted by Crippen LogP contribution is -2.69. The third kappa shape index (κ3) is 40.6. The van der Waals surface area contributed by atoms with E-state index < -0.39 is 286 Å². The molecule has 5 saturated heterocycles. The minimum Gasteiger partial charge on any atom is -0.477 e. The Hall–Kier alpha value is -4.03. The maximum atomic E-state index is 15.0. The van der Waals surface area contributed by atoms with Crippen molar-refractivity contribution in [1.29, 1.82) is 0 Å². The molecule has 41 heteroatoms. The molecule has 40 nitrogen and oxygen atoms in total. The number of hydrogen-bond acceptors (Lipinski definition) is 35. The molecule has 130 heavy (non-hydrogen) atoms. The number of carboxylic acids is 2. The molecule has 0 spiro atoms. The number of amides is 2. The maximum Gasteiger partial charge on any atom is 0.475 e. The quantitative estimate of drug-likeness (QED) is 0.0226. The normalized spacial score (nSPS) is 30.9. The number of nitrogens with two attached hydrogens (primary N) is 1. The molecule has 0 bridgehead atoms. The van der Waals surface area contributed by atoms with Crippen LogP contribution in [0.25, 0.3) is 0 Å². The van der Waals surface area contributed by atoms with Gasteiger partial charge in [0.15, 0.2) is 31.1 Å². The molecule has 5 rings (SSSR count). The molecule has 5 aliphatic heterocycles. The molecule has 2 amide bonds. The van der Waals surface area contributed by atoms with Gasteiger partial charge in [0.2, 0.25) is 11.8 Å². The van der Waals surface area contributed by atoms with Crippen LogP contribution in [0.4, 0.5) is 0 Å². The molecule has 0 aromatic heterocycles. The van der Waals surface area contributed by atoms with Crippen LogP contribution in [-0.2, 0) is 89.7 Å². The number of phosphoric ester groups is 1. The van der Waals surface area contributed by atoms with Gasteiger partial charge >= 0.3 is 31.7 Å². The highest BCUT2D eigenvalue weighted by Crippen LogP contribution is 2.51. The van der Waals surface area contributed by atoms with Crippen molar-refractivity contribution in [3.05, 3.63) is 0 Å². The first kappa shape index (κ1) is 116. The van der Waals surface area contributed by atoms with Crippen LogP contribution >= 0.6 is 7.82 Å². The van der Waals surface area contributed by atoms with Crippen LogP contribution in [0.15, 0.2) is 0 Å². The van der Waals surface area contributed by atoms with E-state index in [2.05, 4.69) is 38.3 Å². The van der Waals surface area contributed by atoms with E-state index in [0.717, 1.165) is 193 Å². The van der Waals surface area contributed by atoms with Gasteiger partial charge in [-0.05, 0) is 25.7 Å². The highest BCUT2D eigenvalue weighted by molar-refractivity contribution is 7.47. The van der Waals surface area contributed by atoms with E-state index in [1.54, 1.807) is 0 Å². The molecule has 5 heterocycles. The van der Waals surface area contributed by atoms with Crippen molar-refractivity contribution in [3.63, 3.8) is 0 Å². The van der Waals surface area contributed by atoms with Gasteiger partial charge in [-0.2, -0.15) is 0 Å². The van der Waals surface area contributed by atoms with Gasteiger partial charge in [-0.15, -0.1) is 0 Å². The van der Waals surface area contributed by atoms with E-state index >= 15 is 4.57 Å². The summed E-state index contributed by atoms with van der Waals surface area (Å²) >= 11 is 0. The number of rotatable bonds is 70. The molecule has 22 N–H and O–H groups in total. The van der Waals surface area contributed by atoms with E-state index in [-0.39, 0.29) is 25.7 Å². The number of aliphatic hydroxyl groups excluding tert-OH is 15. The van der Waals surface area contributed by atoms with Crippen molar-refractivity contribution >= 4 is 43.5 Å². The van der Waals surface area contributed by atoms with Crippen LogP contribution in [0.3, 0.4) is 0 Å². The molecular weight excluding hydrogens is 1730 g/mol. The van der Waals surface area contributed by atoms with Crippen LogP contribution in [-0.4, -0.2) is 331 Å². The Balaban J connectivity index is 1.68. The number of carbonyl (C=O) groups is 6. The number of aliphatic carboxylic acids is 2. The van der Waals surface area contributed by atoms with Crippen LogP contribution in [0.5, 0.6) is 0 Å². The fourth-order valence-electron chi connectivity index (χ4n) is 17.1. The average Bonchev–Trinajstić information content (AvgIpc) is 0.752. The molecule has 0 saturated carbocycles. The molecule has 0 radical (unpaired) electrons. The minimum atomic E-state index is -6.15. The number of unbranched alkanes of at least 4 members (excludes halogenated alkanes) is 32. The van der Waals surface area contributed by atoms with Gasteiger partial charge < -0.3 is 155 Å². The number of phosphoric acid groups is 1.